The van der Waals surface area contributed by atoms with Gasteiger partial charge in [0.2, 0.25) is 0 Å². The van der Waals surface area contributed by atoms with Crippen LogP contribution in [0.5, 0.6) is 5.75 Å². The Morgan fingerprint density at radius 2 is 2.06 bits per heavy atom. The average Bonchev–Trinajstić information content (AvgIpc) is 2.78. The van der Waals surface area contributed by atoms with E-state index in [1.165, 1.54) is 25.8 Å². The molecule has 1 aromatic carbocycles. The summed E-state index contributed by atoms with van der Waals surface area (Å²) >= 11 is 0. The molecule has 2 fully saturated rings. The third kappa shape index (κ3) is 5.59. The molecule has 4 rings (SSSR count). The molecular weight excluding hydrogens is 404 g/mol. The number of nitrogens with zero attached hydrogens (tertiary/aromatic N) is 2. The molecule has 1 saturated carbocycles. The summed E-state index contributed by atoms with van der Waals surface area (Å²) in [5, 5.41) is 21.2. The quantitative estimate of drug-likeness (QED) is 0.559. The van der Waals surface area contributed by atoms with Crippen LogP contribution >= 0.6 is 0 Å². The SMILES string of the molecule is COc1ccc2nccc([C@@H](O)CCC3CCN(CC4CCC4)CC3CCC(=O)O)c2c1. The Hall–Kier alpha value is -2.18. The van der Waals surface area contributed by atoms with Crippen molar-refractivity contribution >= 4 is 16.9 Å². The van der Waals surface area contributed by atoms with Crippen molar-refractivity contribution in [2.45, 2.75) is 57.5 Å². The Bertz CT molecular complexity index is 914. The number of rotatable bonds is 10. The predicted molar refractivity (Wildman–Crippen MR) is 125 cm³/mol. The zero-order valence-electron chi connectivity index (χ0n) is 19.1. The van der Waals surface area contributed by atoms with Gasteiger partial charge in [0.15, 0.2) is 0 Å². The van der Waals surface area contributed by atoms with Gasteiger partial charge in [0, 0.05) is 31.1 Å². The number of likely N-dealkylation sites (tertiary alicyclic amines) is 1. The highest BCUT2D eigenvalue weighted by atomic mass is 16.5. The maximum Gasteiger partial charge on any atom is 0.303 e. The van der Waals surface area contributed by atoms with E-state index in [0.717, 1.165) is 60.5 Å². The van der Waals surface area contributed by atoms with Crippen LogP contribution < -0.4 is 4.74 Å². The van der Waals surface area contributed by atoms with E-state index in [1.54, 1.807) is 13.3 Å². The largest absolute Gasteiger partial charge is 0.497 e. The maximum atomic E-state index is 11.2. The topological polar surface area (TPSA) is 82.9 Å². The smallest absolute Gasteiger partial charge is 0.303 e. The number of ether oxygens (including phenoxy) is 1. The second-order valence-electron chi connectivity index (χ2n) is 9.67. The summed E-state index contributed by atoms with van der Waals surface area (Å²) in [7, 11) is 1.64. The number of benzene rings is 1. The zero-order chi connectivity index (χ0) is 22.5. The highest BCUT2D eigenvalue weighted by molar-refractivity contribution is 5.83. The highest BCUT2D eigenvalue weighted by Gasteiger charge is 2.32. The average molecular weight is 441 g/mol. The van der Waals surface area contributed by atoms with Gasteiger partial charge < -0.3 is 19.8 Å². The van der Waals surface area contributed by atoms with Gasteiger partial charge in [-0.1, -0.05) is 6.42 Å². The summed E-state index contributed by atoms with van der Waals surface area (Å²) in [4.78, 5) is 18.2. The van der Waals surface area contributed by atoms with Crippen LogP contribution in [0.25, 0.3) is 10.9 Å². The highest BCUT2D eigenvalue weighted by Crippen LogP contribution is 2.36. The van der Waals surface area contributed by atoms with Crippen LogP contribution in [0, 0.1) is 17.8 Å². The summed E-state index contributed by atoms with van der Waals surface area (Å²) in [5.74, 6) is 1.74. The molecular formula is C26H36N2O4. The Kier molecular flexibility index (Phi) is 7.63. The van der Waals surface area contributed by atoms with Crippen molar-refractivity contribution in [3.8, 4) is 5.75 Å². The second kappa shape index (κ2) is 10.6. The van der Waals surface area contributed by atoms with E-state index in [9.17, 15) is 15.0 Å². The molecule has 2 aliphatic rings. The Morgan fingerprint density at radius 1 is 1.22 bits per heavy atom. The first-order valence-corrected chi connectivity index (χ1v) is 12.1. The Balaban J connectivity index is 1.40. The van der Waals surface area contributed by atoms with Crippen LogP contribution in [0.2, 0.25) is 0 Å². The number of hydrogen-bond acceptors (Lipinski definition) is 5. The number of piperidine rings is 1. The van der Waals surface area contributed by atoms with Crippen molar-refractivity contribution in [3.05, 3.63) is 36.0 Å². The van der Waals surface area contributed by atoms with E-state index in [1.807, 2.05) is 24.3 Å². The number of carbonyl (C=O) groups is 1. The lowest BCUT2D eigenvalue weighted by atomic mass is 9.78. The van der Waals surface area contributed by atoms with Gasteiger partial charge in [0.25, 0.3) is 0 Å². The van der Waals surface area contributed by atoms with Crippen molar-refractivity contribution in [2.75, 3.05) is 26.7 Å². The van der Waals surface area contributed by atoms with Gasteiger partial charge >= 0.3 is 5.97 Å². The molecule has 174 valence electrons. The molecule has 6 heteroatoms. The third-order valence-corrected chi connectivity index (χ3v) is 7.60. The molecule has 2 N–H and O–H groups in total. The molecule has 1 aliphatic carbocycles. The normalized spacial score (nSPS) is 23.1. The van der Waals surface area contributed by atoms with Crippen molar-refractivity contribution in [2.24, 2.45) is 17.8 Å². The first-order chi connectivity index (χ1) is 15.5. The van der Waals surface area contributed by atoms with Gasteiger partial charge in [0.1, 0.15) is 5.75 Å². The van der Waals surface area contributed by atoms with Crippen LogP contribution in [0.3, 0.4) is 0 Å². The number of aromatic nitrogens is 1. The van der Waals surface area contributed by atoms with E-state index < -0.39 is 12.1 Å². The fraction of sp³-hybridized carbons (Fsp3) is 0.615. The molecule has 1 saturated heterocycles. The fourth-order valence-corrected chi connectivity index (χ4v) is 5.47. The minimum atomic E-state index is -0.711. The molecule has 3 atom stereocenters. The molecule has 0 radical (unpaired) electrons. The van der Waals surface area contributed by atoms with E-state index in [0.29, 0.717) is 18.3 Å². The van der Waals surface area contributed by atoms with E-state index in [2.05, 4.69) is 9.88 Å². The van der Waals surface area contributed by atoms with Gasteiger partial charge in [-0.25, -0.2) is 0 Å². The van der Waals surface area contributed by atoms with Crippen LogP contribution in [-0.4, -0.2) is 52.8 Å². The summed E-state index contributed by atoms with van der Waals surface area (Å²) in [6.45, 7) is 3.26. The van der Waals surface area contributed by atoms with Crippen LogP contribution in [0.1, 0.15) is 63.0 Å². The Morgan fingerprint density at radius 3 is 2.78 bits per heavy atom. The fourth-order valence-electron chi connectivity index (χ4n) is 5.47. The number of aliphatic hydroxyl groups is 1. The minimum absolute atomic E-state index is 0.232. The van der Waals surface area contributed by atoms with Crippen molar-refractivity contribution < 1.29 is 19.7 Å². The van der Waals surface area contributed by atoms with Gasteiger partial charge in [0.05, 0.1) is 18.7 Å². The third-order valence-electron chi connectivity index (χ3n) is 7.60. The minimum Gasteiger partial charge on any atom is -0.497 e. The molecule has 6 nitrogen and oxygen atoms in total. The van der Waals surface area contributed by atoms with Crippen molar-refractivity contribution in [3.63, 3.8) is 0 Å². The van der Waals surface area contributed by atoms with Crippen molar-refractivity contribution in [1.82, 2.24) is 9.88 Å². The lowest BCUT2D eigenvalue weighted by Crippen LogP contribution is -2.43. The van der Waals surface area contributed by atoms with Crippen LogP contribution in [0.15, 0.2) is 30.5 Å². The van der Waals surface area contributed by atoms with Gasteiger partial charge in [-0.05, 0) is 92.7 Å². The first-order valence-electron chi connectivity index (χ1n) is 12.1. The number of pyridine rings is 1. The number of aliphatic carboxylic acids is 1. The lowest BCUT2D eigenvalue weighted by molar-refractivity contribution is -0.137. The number of carboxylic acids is 1. The maximum absolute atomic E-state index is 11.2. The number of aliphatic hydroxyl groups excluding tert-OH is 1. The second-order valence-corrected chi connectivity index (χ2v) is 9.67. The molecule has 2 unspecified atom stereocenters. The predicted octanol–water partition coefficient (Wildman–Crippen LogP) is 4.66. The standard InChI is InChI=1S/C26H36N2O4/c1-32-21-7-8-24-23(15-21)22(11-13-27-24)25(29)9-5-19-12-14-28(16-18-3-2-4-18)17-20(19)6-10-26(30)31/h7-8,11,13,15,18-20,25,29H,2-6,9-10,12,14,16-17H2,1H3,(H,30,31)/t19?,20?,25-/m0/s1. The van der Waals surface area contributed by atoms with Gasteiger partial charge in [-0.3, -0.25) is 9.78 Å². The van der Waals surface area contributed by atoms with Crippen LogP contribution in [-0.2, 0) is 4.79 Å². The van der Waals surface area contributed by atoms with Gasteiger partial charge in [-0.15, -0.1) is 0 Å². The molecule has 1 aliphatic heterocycles. The molecule has 2 heterocycles. The van der Waals surface area contributed by atoms with Crippen molar-refractivity contribution in [1.29, 1.82) is 0 Å². The Labute approximate surface area is 190 Å². The van der Waals surface area contributed by atoms with E-state index >= 15 is 0 Å². The number of carboxylic acid groups (broad SMARTS) is 1. The summed E-state index contributed by atoms with van der Waals surface area (Å²) < 4.78 is 5.36. The number of fused-ring (bicyclic) bond motifs is 1. The molecule has 0 amide bonds. The molecule has 0 bridgehead atoms. The number of hydrogen-bond donors (Lipinski definition) is 2. The molecule has 2 aromatic rings. The van der Waals surface area contributed by atoms with Gasteiger partial charge in [-0.2, -0.15) is 0 Å². The summed E-state index contributed by atoms with van der Waals surface area (Å²) in [5.41, 5.74) is 1.74. The van der Waals surface area contributed by atoms with Crippen LogP contribution in [0.4, 0.5) is 0 Å². The summed E-state index contributed by atoms with van der Waals surface area (Å²) in [6, 6.07) is 7.64. The molecule has 0 spiro atoms. The monoisotopic (exact) mass is 440 g/mol. The zero-order valence-corrected chi connectivity index (χ0v) is 19.1. The molecule has 32 heavy (non-hydrogen) atoms. The lowest BCUT2D eigenvalue weighted by Gasteiger charge is -2.41. The molecule has 1 aromatic heterocycles. The van der Waals surface area contributed by atoms with E-state index in [4.69, 9.17) is 4.74 Å². The van der Waals surface area contributed by atoms with E-state index in [-0.39, 0.29) is 6.42 Å². The number of methoxy groups -OCH3 is 1. The summed E-state index contributed by atoms with van der Waals surface area (Å²) in [6.07, 6.45) is 8.87. The first kappa shape index (κ1) is 23.0.